The minimum Gasteiger partial charge on any atom is -0.348 e. The molecule has 0 saturated carbocycles. The average molecular weight is 197 g/mol. The van der Waals surface area contributed by atoms with Crippen molar-refractivity contribution >= 4 is 0 Å². The predicted octanol–water partition coefficient (Wildman–Crippen LogP) is 0.820. The van der Waals surface area contributed by atoms with E-state index < -0.39 is 0 Å². The van der Waals surface area contributed by atoms with E-state index in [4.69, 9.17) is 9.47 Å². The lowest BCUT2D eigenvalue weighted by molar-refractivity contribution is -0.0702. The highest BCUT2D eigenvalue weighted by atomic mass is 16.7. The minimum absolute atomic E-state index is 0.159. The molecule has 1 aromatic heterocycles. The van der Waals surface area contributed by atoms with Crippen LogP contribution in [0, 0.1) is 0 Å². The molecule has 0 aliphatic carbocycles. The van der Waals surface area contributed by atoms with Gasteiger partial charge in [-0.05, 0) is 6.42 Å². The van der Waals surface area contributed by atoms with Crippen molar-refractivity contribution in [3.8, 4) is 0 Å². The van der Waals surface area contributed by atoms with Gasteiger partial charge in [0.2, 0.25) is 0 Å². The zero-order valence-corrected chi connectivity index (χ0v) is 8.30. The minimum atomic E-state index is -0.159. The summed E-state index contributed by atoms with van der Waals surface area (Å²) >= 11 is 0. The number of hydrogen-bond acceptors (Lipinski definition) is 4. The van der Waals surface area contributed by atoms with Gasteiger partial charge in [0.05, 0.1) is 19.3 Å². The number of ether oxygens (including phenoxy) is 2. The Morgan fingerprint density at radius 3 is 3.21 bits per heavy atom. The third kappa shape index (κ3) is 2.30. The molecular weight excluding hydrogens is 182 g/mol. The highest BCUT2D eigenvalue weighted by molar-refractivity contribution is 4.66. The summed E-state index contributed by atoms with van der Waals surface area (Å²) in [5.41, 5.74) is 0. The van der Waals surface area contributed by atoms with Crippen LogP contribution in [-0.2, 0) is 16.0 Å². The second-order valence-corrected chi connectivity index (χ2v) is 3.43. The van der Waals surface area contributed by atoms with Crippen molar-refractivity contribution in [2.75, 3.05) is 6.61 Å². The van der Waals surface area contributed by atoms with Gasteiger partial charge in [-0.15, -0.1) is 0 Å². The van der Waals surface area contributed by atoms with Gasteiger partial charge in [-0.3, -0.25) is 0 Å². The van der Waals surface area contributed by atoms with Gasteiger partial charge in [-0.2, -0.15) is 5.10 Å². The summed E-state index contributed by atoms with van der Waals surface area (Å²) in [4.78, 5) is 3.86. The second kappa shape index (κ2) is 4.52. The van der Waals surface area contributed by atoms with Crippen LogP contribution >= 0.6 is 0 Å². The van der Waals surface area contributed by atoms with E-state index in [1.165, 1.54) is 6.33 Å². The van der Waals surface area contributed by atoms with E-state index in [0.29, 0.717) is 13.2 Å². The molecule has 5 nitrogen and oxygen atoms in total. The van der Waals surface area contributed by atoms with Crippen LogP contribution in [0.5, 0.6) is 0 Å². The maximum atomic E-state index is 5.66. The topological polar surface area (TPSA) is 49.2 Å². The molecule has 0 radical (unpaired) electrons. The van der Waals surface area contributed by atoms with Gasteiger partial charge in [0.15, 0.2) is 6.29 Å². The molecule has 14 heavy (non-hydrogen) atoms. The summed E-state index contributed by atoms with van der Waals surface area (Å²) in [5.74, 6) is 0. The second-order valence-electron chi connectivity index (χ2n) is 3.43. The molecule has 1 aromatic rings. The maximum absolute atomic E-state index is 5.66. The molecule has 2 unspecified atom stereocenters. The molecule has 0 N–H and O–H groups in total. The van der Waals surface area contributed by atoms with Crippen molar-refractivity contribution in [3.63, 3.8) is 0 Å². The first-order valence-electron chi connectivity index (χ1n) is 4.98. The van der Waals surface area contributed by atoms with E-state index in [1.54, 1.807) is 11.0 Å². The Bertz CT molecular complexity index is 263. The van der Waals surface area contributed by atoms with Crippen molar-refractivity contribution < 1.29 is 9.47 Å². The molecule has 0 bridgehead atoms. The quantitative estimate of drug-likeness (QED) is 0.717. The molecule has 0 aromatic carbocycles. The van der Waals surface area contributed by atoms with Gasteiger partial charge >= 0.3 is 0 Å². The highest BCUT2D eigenvalue weighted by Crippen LogP contribution is 2.16. The molecule has 78 valence electrons. The fraction of sp³-hybridized carbons (Fsp3) is 0.778. The maximum Gasteiger partial charge on any atom is 0.177 e. The molecule has 5 heteroatoms. The average Bonchev–Trinajstić information content (AvgIpc) is 2.79. The molecule has 2 heterocycles. The molecule has 2 rings (SSSR count). The molecule has 1 saturated heterocycles. The lowest BCUT2D eigenvalue weighted by Crippen LogP contribution is -2.18. The zero-order chi connectivity index (χ0) is 9.80. The summed E-state index contributed by atoms with van der Waals surface area (Å²) < 4.78 is 12.9. The smallest absolute Gasteiger partial charge is 0.177 e. The van der Waals surface area contributed by atoms with Crippen LogP contribution in [0.4, 0.5) is 0 Å². The SMILES string of the molecule is CCCC1COC(Cn2cncn2)O1. The third-order valence-electron chi connectivity index (χ3n) is 2.23. The van der Waals surface area contributed by atoms with E-state index in [2.05, 4.69) is 17.0 Å². The standard InChI is InChI=1S/C9H15N3O2/c1-2-3-8-5-13-9(14-8)4-12-7-10-6-11-12/h6-9H,2-5H2,1H3. The fourth-order valence-electron chi connectivity index (χ4n) is 1.56. The van der Waals surface area contributed by atoms with Gasteiger partial charge in [0.25, 0.3) is 0 Å². The molecule has 0 spiro atoms. The fourth-order valence-corrected chi connectivity index (χ4v) is 1.56. The number of aromatic nitrogens is 3. The summed E-state index contributed by atoms with van der Waals surface area (Å²) in [6.45, 7) is 3.47. The first-order valence-corrected chi connectivity index (χ1v) is 4.98. The molecule has 1 fully saturated rings. The van der Waals surface area contributed by atoms with Crippen LogP contribution in [0.15, 0.2) is 12.7 Å². The first kappa shape index (κ1) is 9.61. The Morgan fingerprint density at radius 1 is 1.57 bits per heavy atom. The van der Waals surface area contributed by atoms with Crippen LogP contribution < -0.4 is 0 Å². The van der Waals surface area contributed by atoms with Gasteiger partial charge in [0.1, 0.15) is 12.7 Å². The van der Waals surface area contributed by atoms with Gasteiger partial charge in [0, 0.05) is 0 Å². The number of nitrogens with zero attached hydrogens (tertiary/aromatic N) is 3. The van der Waals surface area contributed by atoms with E-state index >= 15 is 0 Å². The molecule has 1 aliphatic heterocycles. The van der Waals surface area contributed by atoms with Gasteiger partial charge < -0.3 is 9.47 Å². The Hall–Kier alpha value is -0.940. The lowest BCUT2D eigenvalue weighted by Gasteiger charge is -2.10. The van der Waals surface area contributed by atoms with Crippen LogP contribution in [-0.4, -0.2) is 33.8 Å². The normalized spacial score (nSPS) is 26.9. The van der Waals surface area contributed by atoms with E-state index in [-0.39, 0.29) is 12.4 Å². The van der Waals surface area contributed by atoms with Crippen LogP contribution in [0.2, 0.25) is 0 Å². The van der Waals surface area contributed by atoms with E-state index in [1.807, 2.05) is 0 Å². The third-order valence-corrected chi connectivity index (χ3v) is 2.23. The summed E-state index contributed by atoms with van der Waals surface area (Å²) in [7, 11) is 0. The summed E-state index contributed by atoms with van der Waals surface area (Å²) in [6, 6.07) is 0. The van der Waals surface area contributed by atoms with Gasteiger partial charge in [-0.25, -0.2) is 9.67 Å². The molecule has 2 atom stereocenters. The largest absolute Gasteiger partial charge is 0.348 e. The predicted molar refractivity (Wildman–Crippen MR) is 49.5 cm³/mol. The number of hydrogen-bond donors (Lipinski definition) is 0. The van der Waals surface area contributed by atoms with Crippen LogP contribution in [0.25, 0.3) is 0 Å². The zero-order valence-electron chi connectivity index (χ0n) is 8.30. The first-order chi connectivity index (χ1) is 6.88. The summed E-state index contributed by atoms with van der Waals surface area (Å²) in [5, 5.41) is 4.00. The highest BCUT2D eigenvalue weighted by Gasteiger charge is 2.25. The van der Waals surface area contributed by atoms with Crippen LogP contribution in [0.1, 0.15) is 19.8 Å². The van der Waals surface area contributed by atoms with Crippen molar-refractivity contribution in [1.29, 1.82) is 0 Å². The molecule has 1 aliphatic rings. The van der Waals surface area contributed by atoms with Gasteiger partial charge in [-0.1, -0.05) is 13.3 Å². The van der Waals surface area contributed by atoms with Crippen molar-refractivity contribution in [2.45, 2.75) is 38.7 Å². The van der Waals surface area contributed by atoms with Crippen molar-refractivity contribution in [1.82, 2.24) is 14.8 Å². The Morgan fingerprint density at radius 2 is 2.50 bits per heavy atom. The number of rotatable bonds is 4. The Labute approximate surface area is 83.0 Å². The Balaban J connectivity index is 1.79. The summed E-state index contributed by atoms with van der Waals surface area (Å²) in [6.07, 6.45) is 5.47. The van der Waals surface area contributed by atoms with E-state index in [9.17, 15) is 0 Å². The van der Waals surface area contributed by atoms with Crippen molar-refractivity contribution in [2.24, 2.45) is 0 Å². The Kier molecular flexibility index (Phi) is 3.10. The van der Waals surface area contributed by atoms with Crippen molar-refractivity contribution in [3.05, 3.63) is 12.7 Å². The monoisotopic (exact) mass is 197 g/mol. The lowest BCUT2D eigenvalue weighted by atomic mass is 10.2. The van der Waals surface area contributed by atoms with Crippen LogP contribution in [0.3, 0.4) is 0 Å². The molecular formula is C9H15N3O2. The van der Waals surface area contributed by atoms with E-state index in [0.717, 1.165) is 12.8 Å². The molecule has 0 amide bonds.